The molecule has 0 aromatic heterocycles. The Kier molecular flexibility index (Phi) is 14.6. The smallest absolute Gasteiger partial charge is 0.282 e. The first-order valence-corrected chi connectivity index (χ1v) is 8.88. The molecule has 0 fully saturated rings. The van der Waals surface area contributed by atoms with Gasteiger partial charge in [0, 0.05) is 32.8 Å². The number of benzene rings is 1. The van der Waals surface area contributed by atoms with E-state index in [4.69, 9.17) is 25.8 Å². The SMILES string of the molecule is CCCCCCCCCC(OC)(OC)OC.Clc1ccccc1. The van der Waals surface area contributed by atoms with Crippen LogP contribution < -0.4 is 0 Å². The molecule has 1 rings (SSSR count). The van der Waals surface area contributed by atoms with Gasteiger partial charge in [0.15, 0.2) is 0 Å². The van der Waals surface area contributed by atoms with Gasteiger partial charge in [-0.15, -0.1) is 0 Å². The van der Waals surface area contributed by atoms with Crippen LogP contribution in [0.3, 0.4) is 0 Å². The lowest BCUT2D eigenvalue weighted by atomic mass is 10.1. The van der Waals surface area contributed by atoms with E-state index in [1.807, 2.05) is 30.3 Å². The molecule has 0 saturated heterocycles. The summed E-state index contributed by atoms with van der Waals surface area (Å²) in [5.74, 6) is -0.830. The highest BCUT2D eigenvalue weighted by Crippen LogP contribution is 2.21. The average molecular weight is 345 g/mol. The van der Waals surface area contributed by atoms with Gasteiger partial charge in [-0.3, -0.25) is 0 Å². The number of hydrogen-bond donors (Lipinski definition) is 0. The highest BCUT2D eigenvalue weighted by molar-refractivity contribution is 6.30. The predicted octanol–water partition coefficient (Wildman–Crippen LogP) is 6.06. The normalized spacial score (nSPS) is 11.0. The monoisotopic (exact) mass is 344 g/mol. The molecule has 3 nitrogen and oxygen atoms in total. The summed E-state index contributed by atoms with van der Waals surface area (Å²) in [4.78, 5) is 0. The maximum absolute atomic E-state index is 5.54. The molecule has 0 spiro atoms. The quantitative estimate of drug-likeness (QED) is 0.360. The summed E-state index contributed by atoms with van der Waals surface area (Å²) < 4.78 is 15.7. The molecular formula is C19H33ClO3. The molecule has 0 aliphatic rings. The minimum absolute atomic E-state index is 0.794. The Bertz CT molecular complexity index is 345. The second-order valence-corrected chi connectivity index (χ2v) is 5.90. The summed E-state index contributed by atoms with van der Waals surface area (Å²) in [6, 6.07) is 9.44. The third-order valence-electron chi connectivity index (χ3n) is 3.75. The van der Waals surface area contributed by atoms with Gasteiger partial charge in [-0.25, -0.2) is 0 Å². The van der Waals surface area contributed by atoms with E-state index in [-0.39, 0.29) is 0 Å². The standard InChI is InChI=1S/C13H28O3.C6H5Cl/c1-5-6-7-8-9-10-11-12-13(14-2,15-3)16-4;7-6-4-2-1-3-5-6/h5-12H2,1-4H3;1-5H. The third-order valence-corrected chi connectivity index (χ3v) is 4.00. The Morgan fingerprint density at radius 1 is 0.783 bits per heavy atom. The Labute approximate surface area is 147 Å². The number of unbranched alkanes of at least 4 members (excludes halogenated alkanes) is 6. The largest absolute Gasteiger partial charge is 0.331 e. The van der Waals surface area contributed by atoms with Gasteiger partial charge in [-0.2, -0.15) is 0 Å². The minimum atomic E-state index is -0.830. The molecule has 0 aliphatic carbocycles. The van der Waals surface area contributed by atoms with Crippen molar-refractivity contribution in [3.05, 3.63) is 35.4 Å². The van der Waals surface area contributed by atoms with E-state index in [0.717, 1.165) is 17.9 Å². The van der Waals surface area contributed by atoms with E-state index in [1.54, 1.807) is 21.3 Å². The number of rotatable bonds is 11. The first kappa shape index (κ1) is 22.4. The summed E-state index contributed by atoms with van der Waals surface area (Å²) >= 11 is 5.54. The van der Waals surface area contributed by atoms with Gasteiger partial charge in [0.25, 0.3) is 5.97 Å². The summed E-state index contributed by atoms with van der Waals surface area (Å²) in [5, 5.41) is 0.794. The van der Waals surface area contributed by atoms with Crippen LogP contribution in [0.4, 0.5) is 0 Å². The molecule has 4 heteroatoms. The molecule has 23 heavy (non-hydrogen) atoms. The van der Waals surface area contributed by atoms with E-state index in [0.29, 0.717) is 0 Å². The molecule has 0 saturated carbocycles. The lowest BCUT2D eigenvalue weighted by molar-refractivity contribution is -0.355. The number of ether oxygens (including phenoxy) is 3. The van der Waals surface area contributed by atoms with E-state index < -0.39 is 5.97 Å². The van der Waals surface area contributed by atoms with Crippen LogP contribution in [0, 0.1) is 0 Å². The van der Waals surface area contributed by atoms with Crippen molar-refractivity contribution in [2.75, 3.05) is 21.3 Å². The van der Waals surface area contributed by atoms with Crippen LogP contribution in [0.1, 0.15) is 58.3 Å². The molecule has 0 amide bonds. The van der Waals surface area contributed by atoms with Crippen molar-refractivity contribution in [2.45, 2.75) is 64.3 Å². The van der Waals surface area contributed by atoms with Crippen LogP contribution in [0.5, 0.6) is 0 Å². The van der Waals surface area contributed by atoms with Gasteiger partial charge in [0.05, 0.1) is 0 Å². The molecule has 0 aliphatic heterocycles. The lowest BCUT2D eigenvalue weighted by Gasteiger charge is -2.28. The number of hydrogen-bond acceptors (Lipinski definition) is 3. The summed E-state index contributed by atoms with van der Waals surface area (Å²) in [5.41, 5.74) is 0. The highest BCUT2D eigenvalue weighted by atomic mass is 35.5. The predicted molar refractivity (Wildman–Crippen MR) is 97.8 cm³/mol. The van der Waals surface area contributed by atoms with Crippen LogP contribution >= 0.6 is 11.6 Å². The molecule has 0 radical (unpaired) electrons. The zero-order valence-corrected chi connectivity index (χ0v) is 15.9. The second kappa shape index (κ2) is 14.9. The van der Waals surface area contributed by atoms with Gasteiger partial charge in [0.2, 0.25) is 0 Å². The van der Waals surface area contributed by atoms with Gasteiger partial charge in [-0.1, -0.05) is 75.2 Å². The Morgan fingerprint density at radius 3 is 1.65 bits per heavy atom. The second-order valence-electron chi connectivity index (χ2n) is 5.46. The molecule has 1 aromatic carbocycles. The first-order valence-electron chi connectivity index (χ1n) is 8.50. The molecule has 0 atom stereocenters. The van der Waals surface area contributed by atoms with Gasteiger partial charge in [-0.05, 0) is 18.6 Å². The maximum Gasteiger partial charge on any atom is 0.282 e. The van der Waals surface area contributed by atoms with Crippen molar-refractivity contribution in [1.29, 1.82) is 0 Å². The van der Waals surface area contributed by atoms with E-state index >= 15 is 0 Å². The van der Waals surface area contributed by atoms with Gasteiger partial charge >= 0.3 is 0 Å². The molecule has 0 heterocycles. The van der Waals surface area contributed by atoms with Crippen molar-refractivity contribution in [3.8, 4) is 0 Å². The van der Waals surface area contributed by atoms with Crippen molar-refractivity contribution in [3.63, 3.8) is 0 Å². The third kappa shape index (κ3) is 11.5. The fourth-order valence-corrected chi connectivity index (χ4v) is 2.41. The zero-order chi connectivity index (χ0) is 17.4. The number of halogens is 1. The molecule has 1 aromatic rings. The van der Waals surface area contributed by atoms with Crippen molar-refractivity contribution >= 4 is 11.6 Å². The van der Waals surface area contributed by atoms with Crippen molar-refractivity contribution in [2.24, 2.45) is 0 Å². The van der Waals surface area contributed by atoms with Crippen LogP contribution in [-0.4, -0.2) is 27.3 Å². The summed E-state index contributed by atoms with van der Waals surface area (Å²) in [7, 11) is 4.86. The minimum Gasteiger partial charge on any atom is -0.331 e. The van der Waals surface area contributed by atoms with E-state index in [9.17, 15) is 0 Å². The van der Waals surface area contributed by atoms with E-state index in [2.05, 4.69) is 6.92 Å². The maximum atomic E-state index is 5.54. The summed E-state index contributed by atoms with van der Waals surface area (Å²) in [6.07, 6.45) is 9.77. The Morgan fingerprint density at radius 2 is 1.26 bits per heavy atom. The fraction of sp³-hybridized carbons (Fsp3) is 0.684. The molecule has 0 N–H and O–H groups in total. The Hall–Kier alpha value is -0.610. The first-order chi connectivity index (χ1) is 11.1. The van der Waals surface area contributed by atoms with Crippen molar-refractivity contribution < 1.29 is 14.2 Å². The van der Waals surface area contributed by atoms with Gasteiger partial charge in [0.1, 0.15) is 0 Å². The van der Waals surface area contributed by atoms with Crippen LogP contribution in [-0.2, 0) is 14.2 Å². The van der Waals surface area contributed by atoms with Crippen LogP contribution in [0.2, 0.25) is 5.02 Å². The topological polar surface area (TPSA) is 27.7 Å². The van der Waals surface area contributed by atoms with Crippen LogP contribution in [0.15, 0.2) is 30.3 Å². The zero-order valence-electron chi connectivity index (χ0n) is 15.1. The van der Waals surface area contributed by atoms with Gasteiger partial charge < -0.3 is 14.2 Å². The Balaban J connectivity index is 0.000000568. The molecule has 134 valence electrons. The average Bonchev–Trinajstić information content (AvgIpc) is 2.59. The fourth-order valence-electron chi connectivity index (χ4n) is 2.27. The number of methoxy groups -OCH3 is 3. The van der Waals surface area contributed by atoms with Crippen LogP contribution in [0.25, 0.3) is 0 Å². The molecular weight excluding hydrogens is 312 g/mol. The molecule has 0 unspecified atom stereocenters. The lowest BCUT2D eigenvalue weighted by Crippen LogP contribution is -2.35. The highest BCUT2D eigenvalue weighted by Gasteiger charge is 2.28. The van der Waals surface area contributed by atoms with E-state index in [1.165, 1.54) is 38.5 Å². The summed E-state index contributed by atoms with van der Waals surface area (Å²) in [6.45, 7) is 2.24. The van der Waals surface area contributed by atoms with Crippen molar-refractivity contribution in [1.82, 2.24) is 0 Å². The molecule has 0 bridgehead atoms.